The molecule has 2 fully saturated rings. The van der Waals surface area contributed by atoms with Crippen LogP contribution in [0.15, 0.2) is 24.3 Å². The highest BCUT2D eigenvalue weighted by atomic mass is 35.5. The van der Waals surface area contributed by atoms with Crippen LogP contribution in [0, 0.1) is 4.77 Å². The van der Waals surface area contributed by atoms with E-state index in [-0.39, 0.29) is 6.04 Å². The molecule has 1 aromatic heterocycles. The van der Waals surface area contributed by atoms with Gasteiger partial charge in [0.1, 0.15) is 0 Å². The fourth-order valence-corrected chi connectivity index (χ4v) is 6.15. The first-order chi connectivity index (χ1) is 13.3. The van der Waals surface area contributed by atoms with E-state index in [9.17, 15) is 8.42 Å². The van der Waals surface area contributed by atoms with Gasteiger partial charge in [-0.3, -0.25) is 9.80 Å². The average Bonchev–Trinajstić information content (AvgIpc) is 3.17. The smallest absolute Gasteiger partial charge is 0.199 e. The number of hydrogen-bond donors (Lipinski definition) is 0. The first-order valence-electron chi connectivity index (χ1n) is 9.39. The Kier molecular flexibility index (Phi) is 5.63. The summed E-state index contributed by atoms with van der Waals surface area (Å²) in [6.45, 7) is 4.11. The predicted octanol–water partition coefficient (Wildman–Crippen LogP) is 2.03. The Bertz CT molecular complexity index is 1020. The summed E-state index contributed by atoms with van der Waals surface area (Å²) in [6.07, 6.45) is 0.759. The second kappa shape index (κ2) is 7.87. The first-order valence-corrected chi connectivity index (χ1v) is 12.0. The van der Waals surface area contributed by atoms with Crippen molar-refractivity contribution in [2.75, 3.05) is 37.7 Å². The highest BCUT2D eigenvalue weighted by molar-refractivity contribution is 7.91. The molecule has 1 unspecified atom stereocenters. The van der Waals surface area contributed by atoms with Gasteiger partial charge in [0.15, 0.2) is 20.4 Å². The Balaban J connectivity index is 1.43. The van der Waals surface area contributed by atoms with Gasteiger partial charge in [0, 0.05) is 44.8 Å². The second-order valence-electron chi connectivity index (χ2n) is 7.50. The first kappa shape index (κ1) is 20.0. The lowest BCUT2D eigenvalue weighted by atomic mass is 10.2. The van der Waals surface area contributed by atoms with Crippen LogP contribution in [-0.4, -0.2) is 76.3 Å². The molecule has 0 aliphatic carbocycles. The molecule has 2 saturated heterocycles. The van der Waals surface area contributed by atoms with Crippen LogP contribution >= 0.6 is 23.8 Å². The Morgan fingerprint density at radius 1 is 1.21 bits per heavy atom. The Hall–Kier alpha value is -1.26. The number of sulfone groups is 1. The summed E-state index contributed by atoms with van der Waals surface area (Å²) in [7, 11) is -0.935. The highest BCUT2D eigenvalue weighted by Crippen LogP contribution is 2.26. The number of nitrogens with zero attached hydrogens (tertiary/aromatic N) is 5. The molecule has 7 nitrogen and oxygen atoms in total. The van der Waals surface area contributed by atoms with Crippen molar-refractivity contribution in [1.29, 1.82) is 0 Å². The molecule has 0 saturated carbocycles. The lowest BCUT2D eigenvalue weighted by Crippen LogP contribution is -2.50. The molecule has 3 heterocycles. The quantitative estimate of drug-likeness (QED) is 0.676. The van der Waals surface area contributed by atoms with Crippen molar-refractivity contribution in [2.24, 2.45) is 7.05 Å². The zero-order valence-electron chi connectivity index (χ0n) is 15.8. The molecular weight excluding hydrogens is 418 g/mol. The van der Waals surface area contributed by atoms with E-state index in [0.29, 0.717) is 28.0 Å². The molecule has 0 amide bonds. The SMILES string of the molecule is Cn1c(-c2ccccc2Cl)nn(CN2CCN(C3CCS(=O)(=O)C3)CC2)c1=S. The van der Waals surface area contributed by atoms with Crippen LogP contribution in [0.3, 0.4) is 0 Å². The van der Waals surface area contributed by atoms with Gasteiger partial charge in [0.25, 0.3) is 0 Å². The van der Waals surface area contributed by atoms with E-state index >= 15 is 0 Å². The lowest BCUT2D eigenvalue weighted by molar-refractivity contribution is 0.0808. The van der Waals surface area contributed by atoms with E-state index < -0.39 is 9.84 Å². The monoisotopic (exact) mass is 441 g/mol. The van der Waals surface area contributed by atoms with Gasteiger partial charge in [-0.1, -0.05) is 23.7 Å². The minimum Gasteiger partial charge on any atom is -0.303 e. The van der Waals surface area contributed by atoms with Crippen LogP contribution in [0.25, 0.3) is 11.4 Å². The van der Waals surface area contributed by atoms with Crippen molar-refractivity contribution >= 4 is 33.7 Å². The van der Waals surface area contributed by atoms with Gasteiger partial charge in [-0.2, -0.15) is 5.10 Å². The minimum atomic E-state index is -2.84. The molecule has 1 atom stereocenters. The van der Waals surface area contributed by atoms with E-state index in [2.05, 4.69) is 9.80 Å². The van der Waals surface area contributed by atoms with Crippen molar-refractivity contribution in [2.45, 2.75) is 19.1 Å². The summed E-state index contributed by atoms with van der Waals surface area (Å²) in [6, 6.07) is 7.80. The third-order valence-corrected chi connectivity index (χ3v) is 8.19. The van der Waals surface area contributed by atoms with Gasteiger partial charge in [0.05, 0.1) is 23.2 Å². The van der Waals surface area contributed by atoms with Crippen molar-refractivity contribution < 1.29 is 8.42 Å². The Labute approximate surface area is 175 Å². The summed E-state index contributed by atoms with van der Waals surface area (Å²) in [4.78, 5) is 4.62. The van der Waals surface area contributed by atoms with E-state index in [1.54, 1.807) is 0 Å². The van der Waals surface area contributed by atoms with Crippen LogP contribution in [0.1, 0.15) is 6.42 Å². The van der Waals surface area contributed by atoms with Crippen LogP contribution in [-0.2, 0) is 23.6 Å². The van der Waals surface area contributed by atoms with E-state index in [0.717, 1.165) is 44.0 Å². The molecule has 0 spiro atoms. The topological polar surface area (TPSA) is 63.4 Å². The van der Waals surface area contributed by atoms with Gasteiger partial charge in [-0.25, -0.2) is 13.1 Å². The number of hydrogen-bond acceptors (Lipinski definition) is 6. The number of benzene rings is 1. The second-order valence-corrected chi connectivity index (χ2v) is 10.5. The van der Waals surface area contributed by atoms with E-state index in [1.165, 1.54) is 0 Å². The number of aromatic nitrogens is 3. The molecule has 10 heteroatoms. The molecule has 28 heavy (non-hydrogen) atoms. The number of rotatable bonds is 4. The molecule has 152 valence electrons. The number of piperazine rings is 1. The highest BCUT2D eigenvalue weighted by Gasteiger charge is 2.33. The summed E-state index contributed by atoms with van der Waals surface area (Å²) < 4.78 is 27.8. The van der Waals surface area contributed by atoms with Gasteiger partial charge in [-0.05, 0) is 30.8 Å². The lowest BCUT2D eigenvalue weighted by Gasteiger charge is -2.37. The molecule has 4 rings (SSSR count). The minimum absolute atomic E-state index is 0.177. The summed E-state index contributed by atoms with van der Waals surface area (Å²) in [5, 5.41) is 5.36. The molecule has 0 radical (unpaired) electrons. The van der Waals surface area contributed by atoms with Gasteiger partial charge in [0.2, 0.25) is 0 Å². The van der Waals surface area contributed by atoms with Crippen LogP contribution < -0.4 is 0 Å². The maximum atomic E-state index is 11.7. The Morgan fingerprint density at radius 3 is 2.57 bits per heavy atom. The maximum Gasteiger partial charge on any atom is 0.199 e. The van der Waals surface area contributed by atoms with Crippen LogP contribution in [0.4, 0.5) is 0 Å². The summed E-state index contributed by atoms with van der Waals surface area (Å²) in [5.74, 6) is 1.39. The van der Waals surface area contributed by atoms with Crippen molar-refractivity contribution in [3.05, 3.63) is 34.1 Å². The van der Waals surface area contributed by atoms with Crippen LogP contribution in [0.2, 0.25) is 5.02 Å². The zero-order chi connectivity index (χ0) is 19.9. The molecule has 2 aliphatic heterocycles. The molecule has 0 bridgehead atoms. The van der Waals surface area contributed by atoms with Crippen molar-refractivity contribution in [1.82, 2.24) is 24.1 Å². The number of halogens is 1. The zero-order valence-corrected chi connectivity index (χ0v) is 18.2. The third kappa shape index (κ3) is 4.04. The molecular formula is C18H24ClN5O2S2. The maximum absolute atomic E-state index is 11.7. The summed E-state index contributed by atoms with van der Waals surface area (Å²) in [5.41, 5.74) is 0.865. The van der Waals surface area contributed by atoms with Gasteiger partial charge < -0.3 is 4.57 Å². The van der Waals surface area contributed by atoms with Crippen molar-refractivity contribution in [3.63, 3.8) is 0 Å². The molecule has 2 aromatic rings. The van der Waals surface area contributed by atoms with Gasteiger partial charge >= 0.3 is 0 Å². The third-order valence-electron chi connectivity index (χ3n) is 5.62. The molecule has 1 aromatic carbocycles. The van der Waals surface area contributed by atoms with Crippen LogP contribution in [0.5, 0.6) is 0 Å². The standard InChI is InChI=1S/C18H24ClN5O2S2/c1-21-17(15-4-2-3-5-16(15)19)20-24(18(21)27)13-22-7-9-23(10-8-22)14-6-11-28(25,26)12-14/h2-5,14H,6-13H2,1H3. The molecule has 0 N–H and O–H groups in total. The average molecular weight is 442 g/mol. The fraction of sp³-hybridized carbons (Fsp3) is 0.556. The van der Waals surface area contributed by atoms with E-state index in [4.69, 9.17) is 28.9 Å². The Morgan fingerprint density at radius 2 is 1.93 bits per heavy atom. The largest absolute Gasteiger partial charge is 0.303 e. The normalized spacial score (nSPS) is 23.3. The van der Waals surface area contributed by atoms with E-state index in [1.807, 2.05) is 40.6 Å². The van der Waals surface area contributed by atoms with Gasteiger partial charge in [-0.15, -0.1) is 0 Å². The summed E-state index contributed by atoms with van der Waals surface area (Å²) >= 11 is 11.9. The van der Waals surface area contributed by atoms with Crippen molar-refractivity contribution in [3.8, 4) is 11.4 Å². The fourth-order valence-electron chi connectivity index (χ4n) is 3.98. The predicted molar refractivity (Wildman–Crippen MR) is 113 cm³/mol. The molecule has 2 aliphatic rings.